The van der Waals surface area contributed by atoms with Crippen LogP contribution in [0.3, 0.4) is 0 Å². The van der Waals surface area contributed by atoms with Crippen molar-refractivity contribution >= 4 is 27.8 Å². The SMILES string of the molecule is CC1(C)Oc2c(P)c3c(c([Si](C)(C)C)c2O1)OC(C)(C)O3. The van der Waals surface area contributed by atoms with Crippen LogP contribution in [-0.4, -0.2) is 19.6 Å². The summed E-state index contributed by atoms with van der Waals surface area (Å²) in [5.41, 5.74) is 0. The average molecular weight is 326 g/mol. The molecule has 0 saturated heterocycles. The number of hydrogen-bond acceptors (Lipinski definition) is 4. The summed E-state index contributed by atoms with van der Waals surface area (Å²) in [6.07, 6.45) is 0. The van der Waals surface area contributed by atoms with Gasteiger partial charge >= 0.3 is 0 Å². The van der Waals surface area contributed by atoms with Gasteiger partial charge in [0.05, 0.1) is 13.4 Å². The van der Waals surface area contributed by atoms with Crippen LogP contribution in [0.25, 0.3) is 0 Å². The second-order valence-corrected chi connectivity index (χ2v) is 13.1. The van der Waals surface area contributed by atoms with E-state index in [1.165, 1.54) is 0 Å². The molecule has 1 unspecified atom stereocenters. The van der Waals surface area contributed by atoms with E-state index in [2.05, 4.69) is 28.9 Å². The Morgan fingerprint density at radius 1 is 0.714 bits per heavy atom. The fraction of sp³-hybridized carbons (Fsp3) is 0.600. The average Bonchev–Trinajstić information content (AvgIpc) is 2.72. The Hall–Kier alpha value is -0.933. The highest BCUT2D eigenvalue weighted by atomic mass is 31.0. The lowest BCUT2D eigenvalue weighted by Crippen LogP contribution is -2.41. The molecule has 116 valence electrons. The van der Waals surface area contributed by atoms with Crippen LogP contribution in [0.2, 0.25) is 19.6 Å². The van der Waals surface area contributed by atoms with Gasteiger partial charge in [0.25, 0.3) is 0 Å². The van der Waals surface area contributed by atoms with Crippen LogP contribution in [0.1, 0.15) is 27.7 Å². The van der Waals surface area contributed by atoms with Crippen molar-refractivity contribution in [3.8, 4) is 23.0 Å². The summed E-state index contributed by atoms with van der Waals surface area (Å²) in [6, 6.07) is 0. The van der Waals surface area contributed by atoms with Gasteiger partial charge in [-0.1, -0.05) is 28.9 Å². The summed E-state index contributed by atoms with van der Waals surface area (Å²) in [5.74, 6) is 1.86. The van der Waals surface area contributed by atoms with E-state index in [1.807, 2.05) is 27.7 Å². The molecule has 1 aromatic rings. The molecule has 0 spiro atoms. The minimum absolute atomic E-state index is 0.660. The molecular weight excluding hydrogens is 303 g/mol. The molecular formula is C15H23O4PSi. The molecule has 3 rings (SSSR count). The standard InChI is InChI=1S/C15H23O4PSi/c1-14(2)16-8-10(18-14)13(21(5,6)7)11-9(12(8)20)17-15(3,4)19-11/h20H2,1-7H3. The van der Waals surface area contributed by atoms with Crippen molar-refractivity contribution < 1.29 is 18.9 Å². The zero-order valence-corrected chi connectivity index (χ0v) is 15.9. The molecule has 2 aliphatic rings. The molecule has 0 bridgehead atoms. The zero-order valence-electron chi connectivity index (χ0n) is 13.7. The first-order valence-electron chi connectivity index (χ1n) is 7.17. The predicted octanol–water partition coefficient (Wildman–Crippen LogP) is 2.75. The highest BCUT2D eigenvalue weighted by Crippen LogP contribution is 2.49. The monoisotopic (exact) mass is 326 g/mol. The third-order valence-corrected chi connectivity index (χ3v) is 5.98. The van der Waals surface area contributed by atoms with Crippen LogP contribution in [0.15, 0.2) is 0 Å². The molecule has 0 saturated carbocycles. The van der Waals surface area contributed by atoms with Crippen molar-refractivity contribution in [1.82, 2.24) is 0 Å². The fourth-order valence-corrected chi connectivity index (χ4v) is 4.85. The number of fused-ring (bicyclic) bond motifs is 2. The van der Waals surface area contributed by atoms with E-state index in [0.717, 1.165) is 33.5 Å². The lowest BCUT2D eigenvalue weighted by molar-refractivity contribution is -0.0465. The number of ether oxygens (including phenoxy) is 4. The second kappa shape index (κ2) is 4.08. The number of rotatable bonds is 1. The molecule has 0 radical (unpaired) electrons. The minimum atomic E-state index is -1.71. The van der Waals surface area contributed by atoms with Gasteiger partial charge in [0.15, 0.2) is 23.0 Å². The number of benzene rings is 1. The molecule has 1 aromatic carbocycles. The van der Waals surface area contributed by atoms with E-state index < -0.39 is 19.6 Å². The Kier molecular flexibility index (Phi) is 2.91. The predicted molar refractivity (Wildman–Crippen MR) is 89.4 cm³/mol. The van der Waals surface area contributed by atoms with Crippen LogP contribution in [0, 0.1) is 0 Å². The Bertz CT molecular complexity index is 587. The maximum Gasteiger partial charge on any atom is 0.246 e. The van der Waals surface area contributed by atoms with Crippen LogP contribution >= 0.6 is 9.24 Å². The molecule has 1 atom stereocenters. The van der Waals surface area contributed by atoms with E-state index in [4.69, 9.17) is 18.9 Å². The lowest BCUT2D eigenvalue weighted by Gasteiger charge is -2.23. The molecule has 0 N–H and O–H groups in total. The first-order chi connectivity index (χ1) is 9.41. The van der Waals surface area contributed by atoms with Crippen LogP contribution in [0.5, 0.6) is 23.0 Å². The molecule has 4 nitrogen and oxygen atoms in total. The fourth-order valence-electron chi connectivity index (χ4n) is 2.78. The van der Waals surface area contributed by atoms with Gasteiger partial charge in [0.2, 0.25) is 11.6 Å². The van der Waals surface area contributed by atoms with Crippen molar-refractivity contribution in [3.05, 3.63) is 0 Å². The molecule has 21 heavy (non-hydrogen) atoms. The molecule has 0 fully saturated rings. The third-order valence-electron chi connectivity index (χ3n) is 3.50. The smallest absolute Gasteiger partial charge is 0.246 e. The molecule has 0 aliphatic carbocycles. The highest BCUT2D eigenvalue weighted by Gasteiger charge is 2.46. The van der Waals surface area contributed by atoms with Gasteiger partial charge in [-0.2, -0.15) is 0 Å². The largest absolute Gasteiger partial charge is 0.449 e. The van der Waals surface area contributed by atoms with Crippen molar-refractivity contribution in [3.63, 3.8) is 0 Å². The summed E-state index contributed by atoms with van der Waals surface area (Å²) in [5, 5.41) is 2.01. The summed E-state index contributed by atoms with van der Waals surface area (Å²) < 4.78 is 24.2. The maximum absolute atomic E-state index is 6.09. The Morgan fingerprint density at radius 3 is 1.38 bits per heavy atom. The normalized spacial score (nSPS) is 20.8. The van der Waals surface area contributed by atoms with Crippen LogP contribution < -0.4 is 29.4 Å². The van der Waals surface area contributed by atoms with Crippen molar-refractivity contribution in [2.75, 3.05) is 0 Å². The van der Waals surface area contributed by atoms with Crippen LogP contribution in [-0.2, 0) is 0 Å². The van der Waals surface area contributed by atoms with Gasteiger partial charge in [0.1, 0.15) is 0 Å². The topological polar surface area (TPSA) is 36.9 Å². The van der Waals surface area contributed by atoms with Crippen molar-refractivity contribution in [1.29, 1.82) is 0 Å². The van der Waals surface area contributed by atoms with E-state index in [9.17, 15) is 0 Å². The third kappa shape index (κ3) is 2.31. The Morgan fingerprint density at radius 2 is 1.05 bits per heavy atom. The molecule has 0 aromatic heterocycles. The molecule has 6 heteroatoms. The van der Waals surface area contributed by atoms with Crippen molar-refractivity contribution in [2.45, 2.75) is 58.9 Å². The van der Waals surface area contributed by atoms with Gasteiger partial charge in [-0.3, -0.25) is 0 Å². The number of hydrogen-bond donors (Lipinski definition) is 0. The van der Waals surface area contributed by atoms with E-state index in [1.54, 1.807) is 0 Å². The van der Waals surface area contributed by atoms with Crippen LogP contribution in [0.4, 0.5) is 0 Å². The molecule has 2 aliphatic heterocycles. The summed E-state index contributed by atoms with van der Waals surface area (Å²) in [6.45, 7) is 14.5. The van der Waals surface area contributed by atoms with Gasteiger partial charge in [-0.05, 0) is 0 Å². The maximum atomic E-state index is 6.09. The minimum Gasteiger partial charge on any atom is -0.449 e. The van der Waals surface area contributed by atoms with E-state index in [0.29, 0.717) is 0 Å². The zero-order chi connectivity index (χ0) is 15.8. The Balaban J connectivity index is 2.31. The molecule has 0 amide bonds. The quantitative estimate of drug-likeness (QED) is 0.587. The van der Waals surface area contributed by atoms with Gasteiger partial charge in [-0.25, -0.2) is 0 Å². The van der Waals surface area contributed by atoms with Crippen molar-refractivity contribution in [2.24, 2.45) is 0 Å². The van der Waals surface area contributed by atoms with E-state index >= 15 is 0 Å². The second-order valence-electron chi connectivity index (χ2n) is 7.56. The lowest BCUT2D eigenvalue weighted by atomic mass is 10.2. The highest BCUT2D eigenvalue weighted by molar-refractivity contribution is 7.28. The summed E-state index contributed by atoms with van der Waals surface area (Å²) in [4.78, 5) is 0. The van der Waals surface area contributed by atoms with Gasteiger partial charge in [-0.15, -0.1) is 0 Å². The molecule has 2 heterocycles. The summed E-state index contributed by atoms with van der Waals surface area (Å²) in [7, 11) is 0.994. The summed E-state index contributed by atoms with van der Waals surface area (Å²) >= 11 is 0. The van der Waals surface area contributed by atoms with E-state index in [-0.39, 0.29) is 0 Å². The Labute approximate surface area is 129 Å². The van der Waals surface area contributed by atoms with Gasteiger partial charge < -0.3 is 18.9 Å². The first kappa shape index (κ1) is 15.0. The van der Waals surface area contributed by atoms with Gasteiger partial charge in [0, 0.05) is 32.9 Å². The first-order valence-corrected chi connectivity index (χ1v) is 11.2.